The fourth-order valence-corrected chi connectivity index (χ4v) is 3.74. The van der Waals surface area contributed by atoms with Crippen LogP contribution < -0.4 is 4.74 Å². The molecule has 0 saturated carbocycles. The average Bonchev–Trinajstić information content (AvgIpc) is 2.68. The van der Waals surface area contributed by atoms with Gasteiger partial charge in [-0.1, -0.05) is 108 Å². The van der Waals surface area contributed by atoms with Crippen molar-refractivity contribution in [2.75, 3.05) is 12.4 Å². The molecule has 0 heterocycles. The molecule has 0 aliphatic heterocycles. The maximum atomic E-state index is 5.78. The molecule has 1 rings (SSSR count). The Morgan fingerprint density at radius 2 is 0.926 bits per heavy atom. The first kappa shape index (κ1) is 24.4. The Morgan fingerprint density at radius 3 is 1.33 bits per heavy atom. The molecule has 1 nitrogen and oxygen atoms in total. The summed E-state index contributed by atoms with van der Waals surface area (Å²) in [6, 6.07) is 8.37. The molecule has 0 aliphatic rings. The first-order valence-corrected chi connectivity index (χ1v) is 12.3. The summed E-state index contributed by atoms with van der Waals surface area (Å²) in [6.45, 7) is 2.97. The lowest BCUT2D eigenvalue weighted by Crippen LogP contribution is -1.97. The minimum atomic E-state index is 0.859. The van der Waals surface area contributed by atoms with Gasteiger partial charge in [-0.3, -0.25) is 0 Å². The Kier molecular flexibility index (Phi) is 16.9. The van der Waals surface area contributed by atoms with Crippen LogP contribution in [-0.4, -0.2) is 12.4 Å². The van der Waals surface area contributed by atoms with Crippen LogP contribution in [0.3, 0.4) is 0 Å². The van der Waals surface area contributed by atoms with Crippen LogP contribution in [0.15, 0.2) is 24.3 Å². The number of ether oxygens (including phenoxy) is 1. The average molecular weight is 393 g/mol. The molecular formula is C25H44OS. The summed E-state index contributed by atoms with van der Waals surface area (Å²) < 4.78 is 5.78. The van der Waals surface area contributed by atoms with Gasteiger partial charge in [-0.2, -0.15) is 12.6 Å². The monoisotopic (exact) mass is 392 g/mol. The van der Waals surface area contributed by atoms with Crippen LogP contribution in [-0.2, 0) is 0 Å². The quantitative estimate of drug-likeness (QED) is 0.183. The summed E-state index contributed by atoms with van der Waals surface area (Å²) in [5.41, 5.74) is 1.29. The number of hydrogen-bond donors (Lipinski definition) is 1. The number of rotatable bonds is 19. The van der Waals surface area contributed by atoms with E-state index in [2.05, 4.69) is 43.8 Å². The molecule has 0 atom stereocenters. The molecule has 0 fully saturated rings. The zero-order chi connectivity index (χ0) is 19.4. The van der Waals surface area contributed by atoms with Crippen LogP contribution in [0, 0.1) is 6.92 Å². The van der Waals surface area contributed by atoms with Gasteiger partial charge in [0.1, 0.15) is 5.75 Å². The largest absolute Gasteiger partial charge is 0.494 e. The van der Waals surface area contributed by atoms with E-state index in [0.717, 1.165) is 18.1 Å². The van der Waals surface area contributed by atoms with Crippen molar-refractivity contribution < 1.29 is 4.74 Å². The van der Waals surface area contributed by atoms with Crippen LogP contribution in [0.2, 0.25) is 0 Å². The lowest BCUT2D eigenvalue weighted by Gasteiger charge is -2.06. The number of benzene rings is 1. The second kappa shape index (κ2) is 18.7. The van der Waals surface area contributed by atoms with Gasteiger partial charge in [0.05, 0.1) is 6.61 Å². The third kappa shape index (κ3) is 16.1. The third-order valence-electron chi connectivity index (χ3n) is 5.34. The van der Waals surface area contributed by atoms with E-state index in [1.165, 1.54) is 108 Å². The predicted molar refractivity (Wildman–Crippen MR) is 124 cm³/mol. The Bertz CT molecular complexity index is 415. The van der Waals surface area contributed by atoms with Gasteiger partial charge < -0.3 is 4.74 Å². The maximum absolute atomic E-state index is 5.78. The van der Waals surface area contributed by atoms with E-state index in [-0.39, 0.29) is 0 Å². The standard InChI is InChI=1S/C25H44OS/c1-24-18-20-25(21-19-24)26-22-16-14-12-10-8-6-4-2-3-5-7-9-11-13-15-17-23-27/h18-21,27H,2-17,22-23H2,1H3. The molecule has 0 spiro atoms. The number of thiol groups is 1. The minimum absolute atomic E-state index is 0.859. The van der Waals surface area contributed by atoms with Gasteiger partial charge in [-0.25, -0.2) is 0 Å². The van der Waals surface area contributed by atoms with Gasteiger partial charge in [0, 0.05) is 0 Å². The van der Waals surface area contributed by atoms with Gasteiger partial charge in [-0.15, -0.1) is 0 Å². The van der Waals surface area contributed by atoms with Crippen LogP contribution in [0.4, 0.5) is 0 Å². The maximum Gasteiger partial charge on any atom is 0.119 e. The van der Waals surface area contributed by atoms with E-state index in [1.54, 1.807) is 0 Å². The summed E-state index contributed by atoms with van der Waals surface area (Å²) in [5.74, 6) is 2.07. The van der Waals surface area contributed by atoms with Crippen molar-refractivity contribution in [3.63, 3.8) is 0 Å². The van der Waals surface area contributed by atoms with E-state index < -0.39 is 0 Å². The van der Waals surface area contributed by atoms with Gasteiger partial charge in [0.2, 0.25) is 0 Å². The molecule has 0 amide bonds. The van der Waals surface area contributed by atoms with Crippen molar-refractivity contribution in [1.82, 2.24) is 0 Å². The molecule has 0 unspecified atom stereocenters. The summed E-state index contributed by atoms with van der Waals surface area (Å²) >= 11 is 4.26. The molecule has 27 heavy (non-hydrogen) atoms. The number of unbranched alkanes of at least 4 members (excludes halogenated alkanes) is 15. The topological polar surface area (TPSA) is 9.23 Å². The van der Waals surface area contributed by atoms with Gasteiger partial charge in [0.25, 0.3) is 0 Å². The van der Waals surface area contributed by atoms with Gasteiger partial charge in [0.15, 0.2) is 0 Å². The summed E-state index contributed by atoms with van der Waals surface area (Å²) in [7, 11) is 0. The fourth-order valence-electron chi connectivity index (χ4n) is 3.51. The highest BCUT2D eigenvalue weighted by atomic mass is 32.1. The summed E-state index contributed by atoms with van der Waals surface area (Å²) in [5, 5.41) is 0. The smallest absolute Gasteiger partial charge is 0.119 e. The van der Waals surface area contributed by atoms with Crippen LogP contribution in [0.25, 0.3) is 0 Å². The molecule has 1 aromatic carbocycles. The van der Waals surface area contributed by atoms with E-state index in [1.807, 2.05) is 0 Å². The van der Waals surface area contributed by atoms with Crippen molar-refractivity contribution in [1.29, 1.82) is 0 Å². The number of hydrogen-bond acceptors (Lipinski definition) is 2. The molecule has 0 aromatic heterocycles. The van der Waals surface area contributed by atoms with Crippen molar-refractivity contribution in [3.8, 4) is 5.75 Å². The van der Waals surface area contributed by atoms with Crippen molar-refractivity contribution >= 4 is 12.6 Å². The SMILES string of the molecule is Cc1ccc(OCCCCCCCCCCCCCCCCCCS)cc1. The molecule has 0 saturated heterocycles. The third-order valence-corrected chi connectivity index (χ3v) is 5.66. The Hall–Kier alpha value is -0.630. The highest BCUT2D eigenvalue weighted by molar-refractivity contribution is 7.80. The predicted octanol–water partition coefficient (Wildman–Crippen LogP) is 8.55. The molecule has 0 aliphatic carbocycles. The second-order valence-corrected chi connectivity index (χ2v) is 8.49. The molecular weight excluding hydrogens is 348 g/mol. The van der Waals surface area contributed by atoms with Crippen molar-refractivity contribution in [2.45, 2.75) is 110 Å². The first-order chi connectivity index (χ1) is 13.3. The zero-order valence-corrected chi connectivity index (χ0v) is 18.8. The van der Waals surface area contributed by atoms with Crippen molar-refractivity contribution in [2.24, 2.45) is 0 Å². The highest BCUT2D eigenvalue weighted by Crippen LogP contribution is 2.15. The van der Waals surface area contributed by atoms with E-state index in [9.17, 15) is 0 Å². The molecule has 0 N–H and O–H groups in total. The van der Waals surface area contributed by atoms with E-state index in [0.29, 0.717) is 0 Å². The second-order valence-electron chi connectivity index (χ2n) is 8.04. The lowest BCUT2D eigenvalue weighted by molar-refractivity contribution is 0.304. The van der Waals surface area contributed by atoms with Gasteiger partial charge in [-0.05, 0) is 37.7 Å². The Labute approximate surface area is 175 Å². The minimum Gasteiger partial charge on any atom is -0.494 e. The van der Waals surface area contributed by atoms with E-state index >= 15 is 0 Å². The molecule has 0 radical (unpaired) electrons. The molecule has 0 bridgehead atoms. The molecule has 1 aromatic rings. The fraction of sp³-hybridized carbons (Fsp3) is 0.760. The van der Waals surface area contributed by atoms with Crippen molar-refractivity contribution in [3.05, 3.63) is 29.8 Å². The molecule has 156 valence electrons. The van der Waals surface area contributed by atoms with Crippen LogP contribution >= 0.6 is 12.6 Å². The number of aryl methyl sites for hydroxylation is 1. The zero-order valence-electron chi connectivity index (χ0n) is 17.9. The highest BCUT2D eigenvalue weighted by Gasteiger charge is 1.96. The van der Waals surface area contributed by atoms with Gasteiger partial charge >= 0.3 is 0 Å². The lowest BCUT2D eigenvalue weighted by atomic mass is 10.0. The molecule has 2 heteroatoms. The van der Waals surface area contributed by atoms with Crippen LogP contribution in [0.1, 0.15) is 108 Å². The Morgan fingerprint density at radius 1 is 0.556 bits per heavy atom. The van der Waals surface area contributed by atoms with Crippen LogP contribution in [0.5, 0.6) is 5.75 Å². The first-order valence-electron chi connectivity index (χ1n) is 11.6. The normalized spacial score (nSPS) is 11.0. The van der Waals surface area contributed by atoms with E-state index in [4.69, 9.17) is 4.74 Å². The summed E-state index contributed by atoms with van der Waals surface area (Å²) in [6.07, 6.45) is 22.3. The summed E-state index contributed by atoms with van der Waals surface area (Å²) in [4.78, 5) is 0. The Balaban J connectivity index is 1.71.